The number of hydrogen-bond acceptors (Lipinski definition) is 4. The number of carbonyl (C=O) groups excluding carboxylic acids is 3. The normalized spacial score (nSPS) is 13.7. The number of rotatable bonds is 2. The average Bonchev–Trinajstić information content (AvgIpc) is 3.27. The van der Waals surface area contributed by atoms with Crippen LogP contribution in [0.1, 0.15) is 29.0 Å². The van der Waals surface area contributed by atoms with E-state index >= 15 is 0 Å². The third kappa shape index (κ3) is 3.14. The first-order chi connectivity index (χ1) is 11.0. The third-order valence-electron chi connectivity index (χ3n) is 3.53. The van der Waals surface area contributed by atoms with Crippen molar-refractivity contribution in [1.82, 2.24) is 16.2 Å². The molecule has 120 valence electrons. The molecule has 0 atom stereocenters. The Morgan fingerprint density at radius 1 is 1.17 bits per heavy atom. The monoisotopic (exact) mass is 335 g/mol. The molecule has 1 fully saturated rings. The lowest BCUT2D eigenvalue weighted by molar-refractivity contribution is -0.139. The maximum atomic E-state index is 12.1. The minimum absolute atomic E-state index is 0.0241. The van der Waals surface area contributed by atoms with Crippen molar-refractivity contribution in [2.75, 3.05) is 0 Å². The summed E-state index contributed by atoms with van der Waals surface area (Å²) >= 11 is 6.02. The van der Waals surface area contributed by atoms with Gasteiger partial charge in [0.05, 0.1) is 5.02 Å². The van der Waals surface area contributed by atoms with Gasteiger partial charge in [0.15, 0.2) is 11.3 Å². The predicted octanol–water partition coefficient (Wildman–Crippen LogP) is 1.43. The lowest BCUT2D eigenvalue weighted by atomic mass is 10.1. The molecule has 23 heavy (non-hydrogen) atoms. The second-order valence-electron chi connectivity index (χ2n) is 5.33. The summed E-state index contributed by atoms with van der Waals surface area (Å²) in [5, 5.41) is 3.61. The number of hydrogen-bond donors (Lipinski definition) is 3. The predicted molar refractivity (Wildman–Crippen MR) is 82.7 cm³/mol. The van der Waals surface area contributed by atoms with Crippen molar-refractivity contribution in [2.45, 2.75) is 25.8 Å². The quantitative estimate of drug-likeness (QED) is 0.571. The fraction of sp³-hybridized carbons (Fsp3) is 0.267. The fourth-order valence-corrected chi connectivity index (χ4v) is 2.34. The number of furan rings is 1. The number of nitrogens with one attached hydrogen (secondary N) is 3. The van der Waals surface area contributed by atoms with Crippen molar-refractivity contribution < 1.29 is 18.8 Å². The van der Waals surface area contributed by atoms with Crippen LogP contribution < -0.4 is 16.2 Å². The zero-order valence-corrected chi connectivity index (χ0v) is 13.0. The van der Waals surface area contributed by atoms with E-state index in [-0.39, 0.29) is 11.8 Å². The molecule has 0 unspecified atom stereocenters. The van der Waals surface area contributed by atoms with Crippen LogP contribution in [0, 0.1) is 6.92 Å². The van der Waals surface area contributed by atoms with Gasteiger partial charge in [-0.1, -0.05) is 23.7 Å². The molecule has 2 aromatic rings. The van der Waals surface area contributed by atoms with Crippen LogP contribution >= 0.6 is 11.6 Å². The number of para-hydroxylation sites is 1. The smallest absolute Gasteiger partial charge is 0.327 e. The zero-order valence-electron chi connectivity index (χ0n) is 12.2. The Kier molecular flexibility index (Phi) is 3.96. The summed E-state index contributed by atoms with van der Waals surface area (Å²) in [5.41, 5.74) is 5.21. The largest absolute Gasteiger partial charge is 0.449 e. The summed E-state index contributed by atoms with van der Waals surface area (Å²) in [5.74, 6) is -2.35. The van der Waals surface area contributed by atoms with Crippen molar-refractivity contribution in [3.05, 3.63) is 34.5 Å². The SMILES string of the molecule is Cc1c(C(=O)NNC(=O)C(=O)NC2CC2)oc2c(Cl)cccc12. The molecule has 0 spiro atoms. The van der Waals surface area contributed by atoms with E-state index in [0.717, 1.165) is 12.8 Å². The maximum absolute atomic E-state index is 12.1. The van der Waals surface area contributed by atoms with Crippen molar-refractivity contribution in [3.63, 3.8) is 0 Å². The van der Waals surface area contributed by atoms with Crippen molar-refractivity contribution in [3.8, 4) is 0 Å². The Morgan fingerprint density at radius 2 is 1.91 bits per heavy atom. The van der Waals surface area contributed by atoms with Gasteiger partial charge in [-0.2, -0.15) is 0 Å². The second kappa shape index (κ2) is 5.92. The fourth-order valence-electron chi connectivity index (χ4n) is 2.13. The van der Waals surface area contributed by atoms with Gasteiger partial charge < -0.3 is 9.73 Å². The molecule has 3 rings (SSSR count). The molecule has 7 nitrogen and oxygen atoms in total. The van der Waals surface area contributed by atoms with E-state index in [9.17, 15) is 14.4 Å². The second-order valence-corrected chi connectivity index (χ2v) is 5.74. The van der Waals surface area contributed by atoms with Gasteiger partial charge in [0.25, 0.3) is 0 Å². The highest BCUT2D eigenvalue weighted by Crippen LogP contribution is 2.30. The molecule has 0 aliphatic heterocycles. The number of hydrazine groups is 1. The van der Waals surface area contributed by atoms with E-state index in [2.05, 4.69) is 16.2 Å². The summed E-state index contributed by atoms with van der Waals surface area (Å²) in [4.78, 5) is 35.2. The van der Waals surface area contributed by atoms with Crippen molar-refractivity contribution >= 4 is 40.3 Å². The zero-order chi connectivity index (χ0) is 16.6. The van der Waals surface area contributed by atoms with Gasteiger partial charge in [0.1, 0.15) is 0 Å². The van der Waals surface area contributed by atoms with E-state index in [1.54, 1.807) is 25.1 Å². The Bertz CT molecular complexity index is 810. The van der Waals surface area contributed by atoms with Gasteiger partial charge >= 0.3 is 17.7 Å². The molecule has 1 aliphatic carbocycles. The topological polar surface area (TPSA) is 100 Å². The molecule has 3 amide bonds. The van der Waals surface area contributed by atoms with Crippen LogP contribution in [-0.4, -0.2) is 23.8 Å². The van der Waals surface area contributed by atoms with E-state index in [0.29, 0.717) is 21.6 Å². The first-order valence-electron chi connectivity index (χ1n) is 7.06. The van der Waals surface area contributed by atoms with Gasteiger partial charge in [0, 0.05) is 17.0 Å². The molecule has 0 bridgehead atoms. The average molecular weight is 336 g/mol. The highest BCUT2D eigenvalue weighted by Gasteiger charge is 2.27. The summed E-state index contributed by atoms with van der Waals surface area (Å²) in [6.07, 6.45) is 1.73. The maximum Gasteiger partial charge on any atom is 0.327 e. The molecule has 1 heterocycles. The molecule has 0 saturated heterocycles. The van der Waals surface area contributed by atoms with Crippen LogP contribution in [0.15, 0.2) is 22.6 Å². The summed E-state index contributed by atoms with van der Waals surface area (Å²) in [7, 11) is 0. The molecular weight excluding hydrogens is 322 g/mol. The van der Waals surface area contributed by atoms with Gasteiger partial charge in [-0.25, -0.2) is 0 Å². The van der Waals surface area contributed by atoms with Crippen molar-refractivity contribution in [2.24, 2.45) is 0 Å². The van der Waals surface area contributed by atoms with Crippen LogP contribution in [0.3, 0.4) is 0 Å². The third-order valence-corrected chi connectivity index (χ3v) is 3.83. The highest BCUT2D eigenvalue weighted by atomic mass is 35.5. The van der Waals surface area contributed by atoms with Crippen LogP contribution in [0.25, 0.3) is 11.0 Å². The molecule has 0 radical (unpaired) electrons. The summed E-state index contributed by atoms with van der Waals surface area (Å²) in [6, 6.07) is 5.24. The molecule has 1 aliphatic rings. The van der Waals surface area contributed by atoms with Crippen molar-refractivity contribution in [1.29, 1.82) is 0 Å². The van der Waals surface area contributed by atoms with Crippen LogP contribution in [0.2, 0.25) is 5.02 Å². The first-order valence-corrected chi connectivity index (χ1v) is 7.44. The summed E-state index contributed by atoms with van der Waals surface area (Å²) < 4.78 is 5.46. The van der Waals surface area contributed by atoms with Gasteiger partial charge in [-0.05, 0) is 25.8 Å². The number of amides is 3. The number of halogens is 1. The van der Waals surface area contributed by atoms with Crippen LogP contribution in [0.5, 0.6) is 0 Å². The Labute approximate surface area is 136 Å². The van der Waals surface area contributed by atoms with E-state index in [1.807, 2.05) is 0 Å². The van der Waals surface area contributed by atoms with Crippen LogP contribution in [-0.2, 0) is 9.59 Å². The molecular formula is C15H14ClN3O4. The lowest BCUT2D eigenvalue weighted by Crippen LogP contribution is -2.49. The number of fused-ring (bicyclic) bond motifs is 1. The Balaban J connectivity index is 1.68. The first kappa shape index (κ1) is 15.4. The van der Waals surface area contributed by atoms with E-state index in [4.69, 9.17) is 16.0 Å². The lowest BCUT2D eigenvalue weighted by Gasteiger charge is -2.06. The highest BCUT2D eigenvalue weighted by molar-refractivity contribution is 6.35. The molecule has 8 heteroatoms. The van der Waals surface area contributed by atoms with E-state index in [1.165, 1.54) is 0 Å². The number of benzene rings is 1. The van der Waals surface area contributed by atoms with E-state index < -0.39 is 17.7 Å². The molecule has 1 aromatic heterocycles. The number of aryl methyl sites for hydroxylation is 1. The molecule has 1 saturated carbocycles. The van der Waals surface area contributed by atoms with Crippen LogP contribution in [0.4, 0.5) is 0 Å². The molecule has 1 aromatic carbocycles. The Hall–Kier alpha value is -2.54. The molecule has 3 N–H and O–H groups in total. The number of carbonyl (C=O) groups is 3. The summed E-state index contributed by atoms with van der Waals surface area (Å²) in [6.45, 7) is 1.71. The standard InChI is InChI=1S/C15H14ClN3O4/c1-7-9-3-2-4-10(16)12(9)23-11(7)13(20)18-19-15(22)14(21)17-8-5-6-8/h2-4,8H,5-6H2,1H3,(H,17,21)(H,18,20)(H,19,22). The minimum Gasteiger partial charge on any atom is -0.449 e. The van der Waals surface area contributed by atoms with Gasteiger partial charge in [-0.15, -0.1) is 0 Å². The minimum atomic E-state index is -0.933. The van der Waals surface area contributed by atoms with Gasteiger partial charge in [-0.3, -0.25) is 25.2 Å². The van der Waals surface area contributed by atoms with Gasteiger partial charge in [0.2, 0.25) is 0 Å². The Morgan fingerprint density at radius 3 is 2.57 bits per heavy atom.